The van der Waals surface area contributed by atoms with Gasteiger partial charge < -0.3 is 14.6 Å². The van der Waals surface area contributed by atoms with Crippen molar-refractivity contribution in [2.24, 2.45) is 7.05 Å². The number of piperidine rings is 1. The molecule has 1 aliphatic rings. The van der Waals surface area contributed by atoms with Gasteiger partial charge in [-0.05, 0) is 30.3 Å². The summed E-state index contributed by atoms with van der Waals surface area (Å²) in [5, 5.41) is 12.5. The fourth-order valence-electron chi connectivity index (χ4n) is 3.62. The molecule has 0 bridgehead atoms. The van der Waals surface area contributed by atoms with E-state index in [1.165, 1.54) is 0 Å². The van der Waals surface area contributed by atoms with Crippen LogP contribution in [0.15, 0.2) is 54.6 Å². The van der Waals surface area contributed by atoms with E-state index in [-0.39, 0.29) is 5.91 Å². The molecule has 1 fully saturated rings. The van der Waals surface area contributed by atoms with Gasteiger partial charge in [-0.2, -0.15) is 0 Å². The highest BCUT2D eigenvalue weighted by Crippen LogP contribution is 2.25. The van der Waals surface area contributed by atoms with Gasteiger partial charge in [0.05, 0.1) is 0 Å². The highest BCUT2D eigenvalue weighted by Gasteiger charge is 2.33. The van der Waals surface area contributed by atoms with Gasteiger partial charge in [-0.1, -0.05) is 47.7 Å². The fraction of sp³-hybridized carbons (Fsp3) is 0.261. The lowest BCUT2D eigenvalue weighted by molar-refractivity contribution is 0.0245. The minimum Gasteiger partial charge on any atom is -0.377 e. The first-order valence-corrected chi connectivity index (χ1v) is 9.68. The molecule has 1 saturated heterocycles. The number of carbonyl (C=O) groups is 1. The van der Waals surface area contributed by atoms with Crippen LogP contribution in [0.4, 0.5) is 0 Å². The predicted octanol–water partition coefficient (Wildman–Crippen LogP) is 3.85. The number of halogens is 1. The molecule has 4 rings (SSSR count). The number of aryl methyl sites for hydroxylation is 1. The molecule has 28 heavy (non-hydrogen) atoms. The van der Waals surface area contributed by atoms with E-state index in [4.69, 9.17) is 11.6 Å². The summed E-state index contributed by atoms with van der Waals surface area (Å²) in [5.41, 5.74) is 1.39. The second-order valence-electron chi connectivity index (χ2n) is 7.23. The second-order valence-corrected chi connectivity index (χ2v) is 7.67. The van der Waals surface area contributed by atoms with Crippen molar-refractivity contribution in [1.82, 2.24) is 9.47 Å². The van der Waals surface area contributed by atoms with E-state index in [1.54, 1.807) is 17.0 Å². The van der Waals surface area contributed by atoms with Gasteiger partial charge in [0, 0.05) is 54.5 Å². The molecule has 0 radical (unpaired) electrons. The first-order chi connectivity index (χ1) is 13.5. The topological polar surface area (TPSA) is 45.5 Å². The maximum atomic E-state index is 13.0. The number of hydrogen-bond acceptors (Lipinski definition) is 2. The van der Waals surface area contributed by atoms with E-state index in [0.29, 0.717) is 36.6 Å². The molecule has 0 unspecified atom stereocenters. The maximum absolute atomic E-state index is 13.0. The smallest absolute Gasteiger partial charge is 0.270 e. The highest BCUT2D eigenvalue weighted by atomic mass is 35.5. The van der Waals surface area contributed by atoms with Crippen LogP contribution in [0.2, 0.25) is 5.02 Å². The summed E-state index contributed by atoms with van der Waals surface area (Å²) in [5.74, 6) is 5.97. The molecule has 5 heteroatoms. The average molecular weight is 393 g/mol. The van der Waals surface area contributed by atoms with Gasteiger partial charge in [-0.15, -0.1) is 0 Å². The Morgan fingerprint density at radius 1 is 1.11 bits per heavy atom. The minimum atomic E-state index is -1.09. The Bertz CT molecular complexity index is 1100. The zero-order valence-electron chi connectivity index (χ0n) is 15.7. The first kappa shape index (κ1) is 18.6. The Labute approximate surface area is 169 Å². The SMILES string of the molecule is Cn1c(C(=O)N2CCC(O)(C#Cc3cccc(Cl)c3)CC2)cc2ccccc21. The van der Waals surface area contributed by atoms with E-state index in [1.807, 2.05) is 54.1 Å². The Kier molecular flexibility index (Phi) is 4.89. The summed E-state index contributed by atoms with van der Waals surface area (Å²) in [7, 11) is 1.91. The van der Waals surface area contributed by atoms with Crippen LogP contribution in [0.3, 0.4) is 0 Å². The normalized spacial score (nSPS) is 15.9. The summed E-state index contributed by atoms with van der Waals surface area (Å²) in [4.78, 5) is 14.8. The largest absolute Gasteiger partial charge is 0.377 e. The molecular weight excluding hydrogens is 372 g/mol. The van der Waals surface area contributed by atoms with Crippen molar-refractivity contribution in [1.29, 1.82) is 0 Å². The monoisotopic (exact) mass is 392 g/mol. The summed E-state index contributed by atoms with van der Waals surface area (Å²) in [6.45, 7) is 0.947. The van der Waals surface area contributed by atoms with E-state index >= 15 is 0 Å². The number of hydrogen-bond donors (Lipinski definition) is 1. The summed E-state index contributed by atoms with van der Waals surface area (Å²) in [6, 6.07) is 17.1. The third-order valence-electron chi connectivity index (χ3n) is 5.31. The van der Waals surface area contributed by atoms with Gasteiger partial charge in [0.1, 0.15) is 11.3 Å². The van der Waals surface area contributed by atoms with Crippen LogP contribution in [0.5, 0.6) is 0 Å². The van der Waals surface area contributed by atoms with Crippen LogP contribution in [-0.2, 0) is 7.05 Å². The molecule has 2 heterocycles. The van der Waals surface area contributed by atoms with Crippen molar-refractivity contribution in [3.63, 3.8) is 0 Å². The van der Waals surface area contributed by atoms with Crippen LogP contribution in [0, 0.1) is 11.8 Å². The number of carbonyl (C=O) groups excluding carboxylic acids is 1. The molecule has 0 spiro atoms. The zero-order valence-corrected chi connectivity index (χ0v) is 16.4. The first-order valence-electron chi connectivity index (χ1n) is 9.30. The molecule has 1 aromatic heterocycles. The lowest BCUT2D eigenvalue weighted by Crippen LogP contribution is -2.46. The van der Waals surface area contributed by atoms with Gasteiger partial charge in [-0.25, -0.2) is 0 Å². The van der Waals surface area contributed by atoms with Gasteiger partial charge in [-0.3, -0.25) is 4.79 Å². The number of rotatable bonds is 1. The van der Waals surface area contributed by atoms with E-state index < -0.39 is 5.60 Å². The van der Waals surface area contributed by atoms with Crippen molar-refractivity contribution < 1.29 is 9.90 Å². The second kappa shape index (κ2) is 7.35. The van der Waals surface area contributed by atoms with Crippen molar-refractivity contribution >= 4 is 28.4 Å². The number of fused-ring (bicyclic) bond motifs is 1. The van der Waals surface area contributed by atoms with Crippen LogP contribution in [-0.4, -0.2) is 39.2 Å². The summed E-state index contributed by atoms with van der Waals surface area (Å²) >= 11 is 5.98. The number of likely N-dealkylation sites (tertiary alicyclic amines) is 1. The third-order valence-corrected chi connectivity index (χ3v) is 5.55. The third kappa shape index (κ3) is 3.64. The van der Waals surface area contributed by atoms with Crippen molar-refractivity contribution in [2.45, 2.75) is 18.4 Å². The number of amides is 1. The molecular formula is C23H21ClN2O2. The zero-order chi connectivity index (χ0) is 19.7. The molecule has 1 aliphatic heterocycles. The molecule has 0 atom stereocenters. The summed E-state index contributed by atoms with van der Waals surface area (Å²) in [6.07, 6.45) is 0.854. The molecule has 4 nitrogen and oxygen atoms in total. The molecule has 142 valence electrons. The van der Waals surface area contributed by atoms with E-state index in [0.717, 1.165) is 16.5 Å². The Morgan fingerprint density at radius 3 is 2.57 bits per heavy atom. The van der Waals surface area contributed by atoms with Crippen LogP contribution in [0.1, 0.15) is 28.9 Å². The number of para-hydroxylation sites is 1. The Morgan fingerprint density at radius 2 is 1.86 bits per heavy atom. The number of benzene rings is 2. The van der Waals surface area contributed by atoms with Gasteiger partial charge in [0.15, 0.2) is 0 Å². The van der Waals surface area contributed by atoms with Crippen molar-refractivity contribution in [3.8, 4) is 11.8 Å². The summed E-state index contributed by atoms with van der Waals surface area (Å²) < 4.78 is 1.93. The predicted molar refractivity (Wildman–Crippen MR) is 111 cm³/mol. The Balaban J connectivity index is 1.47. The minimum absolute atomic E-state index is 0.0106. The quantitative estimate of drug-likeness (QED) is 0.639. The number of aromatic nitrogens is 1. The van der Waals surface area contributed by atoms with Gasteiger partial charge in [0.25, 0.3) is 5.91 Å². The van der Waals surface area contributed by atoms with Crippen LogP contribution >= 0.6 is 11.6 Å². The van der Waals surface area contributed by atoms with Gasteiger partial charge in [0.2, 0.25) is 0 Å². The average Bonchev–Trinajstić information content (AvgIpc) is 3.04. The molecule has 2 aromatic carbocycles. The standard InChI is InChI=1S/C23H21ClN2O2/c1-25-20-8-3-2-6-18(20)16-21(25)22(27)26-13-11-23(28,12-14-26)10-9-17-5-4-7-19(24)15-17/h2-8,15-16,28H,11-14H2,1H3. The van der Waals surface area contributed by atoms with E-state index in [2.05, 4.69) is 11.8 Å². The van der Waals surface area contributed by atoms with Crippen LogP contribution < -0.4 is 0 Å². The van der Waals surface area contributed by atoms with Crippen LogP contribution in [0.25, 0.3) is 10.9 Å². The Hall–Kier alpha value is -2.74. The molecule has 0 saturated carbocycles. The molecule has 1 amide bonds. The van der Waals surface area contributed by atoms with E-state index in [9.17, 15) is 9.90 Å². The van der Waals surface area contributed by atoms with Crippen molar-refractivity contribution in [2.75, 3.05) is 13.1 Å². The fourth-order valence-corrected chi connectivity index (χ4v) is 3.81. The maximum Gasteiger partial charge on any atom is 0.270 e. The molecule has 0 aliphatic carbocycles. The number of nitrogens with zero attached hydrogens (tertiary/aromatic N) is 2. The lowest BCUT2D eigenvalue weighted by Gasteiger charge is -2.35. The molecule has 1 N–H and O–H groups in total. The highest BCUT2D eigenvalue weighted by molar-refractivity contribution is 6.30. The van der Waals surface area contributed by atoms with Crippen molar-refractivity contribution in [3.05, 3.63) is 70.9 Å². The van der Waals surface area contributed by atoms with Gasteiger partial charge >= 0.3 is 0 Å². The molecule has 3 aromatic rings. The number of aliphatic hydroxyl groups is 1. The lowest BCUT2D eigenvalue weighted by atomic mass is 9.91.